The van der Waals surface area contributed by atoms with Crippen LogP contribution in [-0.2, 0) is 4.84 Å². The van der Waals surface area contributed by atoms with E-state index in [2.05, 4.69) is 5.48 Å². The highest BCUT2D eigenvalue weighted by atomic mass is 35.5. The van der Waals surface area contributed by atoms with Crippen LogP contribution in [0.4, 0.5) is 10.1 Å². The van der Waals surface area contributed by atoms with Gasteiger partial charge < -0.3 is 25.1 Å². The van der Waals surface area contributed by atoms with Crippen LogP contribution in [0.15, 0.2) is 17.1 Å². The van der Waals surface area contributed by atoms with Crippen molar-refractivity contribution < 1.29 is 19.1 Å². The molecule has 29 heavy (non-hydrogen) atoms. The van der Waals surface area contributed by atoms with E-state index in [4.69, 9.17) is 22.2 Å². The second-order valence-corrected chi connectivity index (χ2v) is 7.94. The summed E-state index contributed by atoms with van der Waals surface area (Å²) in [5.41, 5.74) is 8.16. The number of nitrogens with two attached hydrogens (primary N) is 1. The van der Waals surface area contributed by atoms with E-state index in [1.54, 1.807) is 9.47 Å². The number of carboxylic acid groups (broad SMARTS) is 1. The minimum Gasteiger partial charge on any atom is -0.477 e. The van der Waals surface area contributed by atoms with Gasteiger partial charge in [0.25, 0.3) is 0 Å². The molecular weight excluding hydrogens is 403 g/mol. The highest BCUT2D eigenvalue weighted by Crippen LogP contribution is 2.43. The van der Waals surface area contributed by atoms with Crippen LogP contribution in [0.1, 0.15) is 29.2 Å². The molecule has 4 N–H and O–H groups in total. The molecule has 1 aliphatic carbocycles. The predicted molar refractivity (Wildman–Crippen MR) is 107 cm³/mol. The molecule has 2 aliphatic rings. The third-order valence-corrected chi connectivity index (χ3v) is 6.04. The number of anilines is 1. The van der Waals surface area contributed by atoms with Crippen LogP contribution < -0.4 is 21.5 Å². The van der Waals surface area contributed by atoms with Crippen LogP contribution in [0.25, 0.3) is 10.9 Å². The molecule has 1 aromatic heterocycles. The van der Waals surface area contributed by atoms with Gasteiger partial charge in [0.2, 0.25) is 5.43 Å². The van der Waals surface area contributed by atoms with E-state index >= 15 is 4.39 Å². The summed E-state index contributed by atoms with van der Waals surface area (Å²) < 4.78 is 16.8. The molecule has 1 saturated heterocycles. The van der Waals surface area contributed by atoms with Gasteiger partial charge in [0.05, 0.1) is 34.8 Å². The number of hydrogen-bond acceptors (Lipinski definition) is 6. The zero-order valence-electron chi connectivity index (χ0n) is 15.8. The number of halogens is 2. The third-order valence-electron chi connectivity index (χ3n) is 5.68. The average molecular weight is 425 g/mol. The quantitative estimate of drug-likeness (QED) is 0.606. The summed E-state index contributed by atoms with van der Waals surface area (Å²) in [5.74, 6) is -1.98. The van der Waals surface area contributed by atoms with Crippen molar-refractivity contribution in [1.82, 2.24) is 10.0 Å². The molecule has 0 amide bonds. The molecule has 0 bridgehead atoms. The Morgan fingerprint density at radius 2 is 2.17 bits per heavy atom. The first-order valence-electron chi connectivity index (χ1n) is 9.41. The van der Waals surface area contributed by atoms with Gasteiger partial charge in [-0.2, -0.15) is 5.48 Å². The second kappa shape index (κ2) is 7.56. The number of carbonyl (C=O) groups is 1. The number of nitrogens with zero attached hydrogens (tertiary/aromatic N) is 2. The fourth-order valence-corrected chi connectivity index (χ4v) is 4.50. The van der Waals surface area contributed by atoms with E-state index in [1.807, 2.05) is 0 Å². The monoisotopic (exact) mass is 424 g/mol. The molecule has 8 nitrogen and oxygen atoms in total. The number of fused-ring (bicyclic) bond motifs is 1. The van der Waals surface area contributed by atoms with Gasteiger partial charge in [-0.25, -0.2) is 9.18 Å². The molecule has 2 heterocycles. The lowest BCUT2D eigenvalue weighted by molar-refractivity contribution is 0.0549. The van der Waals surface area contributed by atoms with E-state index < -0.39 is 17.2 Å². The second-order valence-electron chi connectivity index (χ2n) is 7.56. The van der Waals surface area contributed by atoms with Gasteiger partial charge in [-0.3, -0.25) is 4.79 Å². The fraction of sp³-hybridized carbons (Fsp3) is 0.474. The van der Waals surface area contributed by atoms with E-state index in [0.29, 0.717) is 25.2 Å². The molecular formula is C19H22ClFN4O4. The van der Waals surface area contributed by atoms with Gasteiger partial charge in [0, 0.05) is 31.2 Å². The van der Waals surface area contributed by atoms with Gasteiger partial charge in [-0.1, -0.05) is 11.6 Å². The van der Waals surface area contributed by atoms with Crippen molar-refractivity contribution in [3.05, 3.63) is 38.9 Å². The Balaban J connectivity index is 1.89. The standard InChI is InChI=1S/C19H22ClFN4O4/c1-29-23-14-8-24(6-9(14)5-22)17-13(21)4-11-16(15(17)20)25(10-2-3-10)7-12(18(11)26)19(27)28/h4,7,9-10,14,23H,2-3,5-6,8,22H2,1H3,(H,27,28). The maximum atomic E-state index is 15.1. The number of rotatable bonds is 6. The number of benzene rings is 1. The summed E-state index contributed by atoms with van der Waals surface area (Å²) >= 11 is 6.65. The Morgan fingerprint density at radius 3 is 2.76 bits per heavy atom. The SMILES string of the molecule is CONC1CN(c2c(F)cc3c(=O)c(C(=O)O)cn(C4CC4)c3c2Cl)CC1CN. The summed E-state index contributed by atoms with van der Waals surface area (Å²) in [7, 11) is 1.51. The van der Waals surface area contributed by atoms with Crippen LogP contribution in [0, 0.1) is 11.7 Å². The normalized spacial score (nSPS) is 21.9. The van der Waals surface area contributed by atoms with Crippen molar-refractivity contribution in [2.45, 2.75) is 24.9 Å². The molecule has 1 aliphatic heterocycles. The minimum absolute atomic E-state index is 0.0239. The van der Waals surface area contributed by atoms with Crippen molar-refractivity contribution in [3.63, 3.8) is 0 Å². The topological polar surface area (TPSA) is 110 Å². The van der Waals surface area contributed by atoms with Crippen LogP contribution in [0.5, 0.6) is 0 Å². The molecule has 0 spiro atoms. The van der Waals surface area contributed by atoms with Crippen LogP contribution in [0.3, 0.4) is 0 Å². The molecule has 2 aromatic rings. The van der Waals surface area contributed by atoms with E-state index in [0.717, 1.165) is 18.9 Å². The van der Waals surface area contributed by atoms with Crippen LogP contribution in [0.2, 0.25) is 5.02 Å². The Morgan fingerprint density at radius 1 is 1.45 bits per heavy atom. The molecule has 156 valence electrons. The summed E-state index contributed by atoms with van der Waals surface area (Å²) in [6.07, 6.45) is 3.01. The molecule has 4 rings (SSSR count). The lowest BCUT2D eigenvalue weighted by Crippen LogP contribution is -2.38. The molecule has 1 aromatic carbocycles. The van der Waals surface area contributed by atoms with E-state index in [9.17, 15) is 14.7 Å². The van der Waals surface area contributed by atoms with Crippen molar-refractivity contribution in [3.8, 4) is 0 Å². The first-order valence-corrected chi connectivity index (χ1v) is 9.78. The van der Waals surface area contributed by atoms with Crippen molar-refractivity contribution in [2.24, 2.45) is 11.7 Å². The van der Waals surface area contributed by atoms with Crippen molar-refractivity contribution >= 4 is 34.2 Å². The van der Waals surface area contributed by atoms with E-state index in [-0.39, 0.29) is 39.7 Å². The van der Waals surface area contributed by atoms with Gasteiger partial charge in [0.15, 0.2) is 0 Å². The highest BCUT2D eigenvalue weighted by molar-refractivity contribution is 6.38. The Labute approximate surface area is 170 Å². The number of nitrogens with one attached hydrogen (secondary N) is 1. The molecule has 2 atom stereocenters. The number of hydroxylamine groups is 1. The Bertz CT molecular complexity index is 1040. The Kier molecular flexibility index (Phi) is 5.24. The predicted octanol–water partition coefficient (Wildman–Crippen LogP) is 1.74. The lowest BCUT2D eigenvalue weighted by Gasteiger charge is -2.23. The minimum atomic E-state index is -1.34. The molecule has 2 unspecified atom stereocenters. The first kappa shape index (κ1) is 20.1. The zero-order valence-corrected chi connectivity index (χ0v) is 16.6. The number of aromatic carboxylic acids is 1. The van der Waals surface area contributed by atoms with Crippen molar-refractivity contribution in [2.75, 3.05) is 31.6 Å². The van der Waals surface area contributed by atoms with Crippen LogP contribution >= 0.6 is 11.6 Å². The number of aromatic nitrogens is 1. The maximum absolute atomic E-state index is 15.1. The number of carboxylic acids is 1. The molecule has 2 fully saturated rings. The maximum Gasteiger partial charge on any atom is 0.341 e. The number of pyridine rings is 1. The van der Waals surface area contributed by atoms with Gasteiger partial charge >= 0.3 is 5.97 Å². The van der Waals surface area contributed by atoms with Crippen LogP contribution in [-0.4, -0.2) is 48.4 Å². The third kappa shape index (κ3) is 3.38. The summed E-state index contributed by atoms with van der Waals surface area (Å²) in [6, 6.07) is 1.04. The van der Waals surface area contributed by atoms with Gasteiger partial charge in [0.1, 0.15) is 11.4 Å². The average Bonchev–Trinajstić information content (AvgIpc) is 3.44. The van der Waals surface area contributed by atoms with Gasteiger partial charge in [-0.05, 0) is 25.5 Å². The molecule has 0 radical (unpaired) electrons. The lowest BCUT2D eigenvalue weighted by atomic mass is 10.1. The smallest absolute Gasteiger partial charge is 0.341 e. The van der Waals surface area contributed by atoms with Gasteiger partial charge in [-0.15, -0.1) is 0 Å². The zero-order chi connectivity index (χ0) is 20.9. The Hall–Kier alpha value is -2.20. The largest absolute Gasteiger partial charge is 0.477 e. The fourth-order valence-electron chi connectivity index (χ4n) is 4.09. The summed E-state index contributed by atoms with van der Waals surface area (Å²) in [5, 5.41) is 9.46. The first-order chi connectivity index (χ1) is 13.9. The summed E-state index contributed by atoms with van der Waals surface area (Å²) in [4.78, 5) is 31.0. The highest BCUT2D eigenvalue weighted by Gasteiger charge is 2.36. The summed E-state index contributed by atoms with van der Waals surface area (Å²) in [6.45, 7) is 1.29. The van der Waals surface area contributed by atoms with Crippen molar-refractivity contribution in [1.29, 1.82) is 0 Å². The van der Waals surface area contributed by atoms with E-state index in [1.165, 1.54) is 13.3 Å². The molecule has 1 saturated carbocycles. The number of hydrogen-bond donors (Lipinski definition) is 3. The molecule has 10 heteroatoms.